The summed E-state index contributed by atoms with van der Waals surface area (Å²) in [6, 6.07) is 4.64. The molecule has 0 saturated carbocycles. The van der Waals surface area contributed by atoms with E-state index in [-0.39, 0.29) is 11.7 Å². The van der Waals surface area contributed by atoms with E-state index in [4.69, 9.17) is 9.84 Å². The molecule has 1 aliphatic heterocycles. The van der Waals surface area contributed by atoms with E-state index in [1.807, 2.05) is 0 Å². The highest BCUT2D eigenvalue weighted by Crippen LogP contribution is 2.35. The average molecular weight is 277 g/mol. The van der Waals surface area contributed by atoms with Crippen molar-refractivity contribution < 1.29 is 24.2 Å². The lowest BCUT2D eigenvalue weighted by Gasteiger charge is -2.33. The fourth-order valence-corrected chi connectivity index (χ4v) is 2.10. The van der Waals surface area contributed by atoms with Gasteiger partial charge in [-0.05, 0) is 31.5 Å². The number of anilines is 1. The second-order valence-electron chi connectivity index (χ2n) is 4.57. The first-order chi connectivity index (χ1) is 9.43. The molecule has 6 nitrogen and oxygen atoms in total. The summed E-state index contributed by atoms with van der Waals surface area (Å²) in [4.78, 5) is 35.6. The van der Waals surface area contributed by atoms with E-state index in [0.29, 0.717) is 23.4 Å². The second kappa shape index (κ2) is 5.32. The minimum Gasteiger partial charge on any atom is -0.480 e. The van der Waals surface area contributed by atoms with Crippen LogP contribution in [0.2, 0.25) is 0 Å². The topological polar surface area (TPSA) is 83.9 Å². The number of ketones is 1. The predicted octanol–water partition coefficient (Wildman–Crippen LogP) is 1.48. The van der Waals surface area contributed by atoms with Crippen molar-refractivity contribution in [3.8, 4) is 5.75 Å². The maximum atomic E-state index is 12.1. The molecule has 0 aromatic heterocycles. The maximum absolute atomic E-state index is 12.1. The lowest BCUT2D eigenvalue weighted by Crippen LogP contribution is -2.47. The Balaban J connectivity index is 2.47. The van der Waals surface area contributed by atoms with E-state index >= 15 is 0 Å². The largest absolute Gasteiger partial charge is 0.480 e. The Kier molecular flexibility index (Phi) is 3.74. The number of ether oxygens (including phenoxy) is 1. The molecular weight excluding hydrogens is 262 g/mol. The molecule has 1 amide bonds. The molecule has 106 valence electrons. The first kappa shape index (κ1) is 14.0. The van der Waals surface area contributed by atoms with Gasteiger partial charge in [0.25, 0.3) is 5.91 Å². The lowest BCUT2D eigenvalue weighted by molar-refractivity contribution is -0.137. The molecule has 0 saturated heterocycles. The Bertz CT molecular complexity index is 581. The number of rotatable bonds is 4. The first-order valence-corrected chi connectivity index (χ1v) is 6.28. The van der Waals surface area contributed by atoms with Crippen molar-refractivity contribution in [1.29, 1.82) is 0 Å². The van der Waals surface area contributed by atoms with E-state index in [0.717, 1.165) is 0 Å². The van der Waals surface area contributed by atoms with Crippen molar-refractivity contribution in [2.75, 3.05) is 11.4 Å². The molecule has 2 rings (SSSR count). The number of fused-ring (bicyclic) bond motifs is 1. The van der Waals surface area contributed by atoms with Gasteiger partial charge in [-0.1, -0.05) is 6.92 Å². The van der Waals surface area contributed by atoms with Crippen molar-refractivity contribution >= 4 is 23.3 Å². The number of hydrogen-bond acceptors (Lipinski definition) is 4. The SMILES string of the molecule is CCC1Oc2cc(C(C)=O)ccc2N(CC(=O)O)C1=O. The quantitative estimate of drug-likeness (QED) is 0.843. The van der Waals surface area contributed by atoms with Gasteiger partial charge >= 0.3 is 5.97 Å². The number of hydrogen-bond donors (Lipinski definition) is 1. The third kappa shape index (κ3) is 2.49. The van der Waals surface area contributed by atoms with Crippen molar-refractivity contribution in [3.05, 3.63) is 23.8 Å². The molecule has 1 N–H and O–H groups in total. The third-order valence-electron chi connectivity index (χ3n) is 3.13. The van der Waals surface area contributed by atoms with E-state index < -0.39 is 18.6 Å². The number of benzene rings is 1. The van der Waals surface area contributed by atoms with E-state index in [1.54, 1.807) is 25.1 Å². The molecule has 1 aromatic rings. The number of nitrogens with zero attached hydrogens (tertiary/aromatic N) is 1. The zero-order valence-corrected chi connectivity index (χ0v) is 11.3. The smallest absolute Gasteiger partial charge is 0.323 e. The summed E-state index contributed by atoms with van der Waals surface area (Å²) in [5.41, 5.74) is 0.843. The summed E-state index contributed by atoms with van der Waals surface area (Å²) in [6.07, 6.45) is -0.289. The number of amides is 1. The van der Waals surface area contributed by atoms with Gasteiger partial charge in [0.2, 0.25) is 0 Å². The minimum atomic E-state index is -1.10. The van der Waals surface area contributed by atoms with Crippen LogP contribution in [0.3, 0.4) is 0 Å². The van der Waals surface area contributed by atoms with Crippen LogP contribution in [0.5, 0.6) is 5.75 Å². The molecule has 0 radical (unpaired) electrons. The van der Waals surface area contributed by atoms with Crippen LogP contribution in [0.4, 0.5) is 5.69 Å². The summed E-state index contributed by atoms with van der Waals surface area (Å²) < 4.78 is 5.56. The van der Waals surface area contributed by atoms with E-state index in [1.165, 1.54) is 11.8 Å². The number of Topliss-reactive ketones (excluding diaryl/α,β-unsaturated/α-hetero) is 1. The second-order valence-corrected chi connectivity index (χ2v) is 4.57. The van der Waals surface area contributed by atoms with Gasteiger partial charge in [-0.2, -0.15) is 0 Å². The molecule has 0 aliphatic carbocycles. The molecule has 0 bridgehead atoms. The van der Waals surface area contributed by atoms with Crippen molar-refractivity contribution in [3.63, 3.8) is 0 Å². The summed E-state index contributed by atoms with van der Waals surface area (Å²) in [6.45, 7) is 2.79. The molecule has 0 fully saturated rings. The predicted molar refractivity (Wildman–Crippen MR) is 71.1 cm³/mol. The maximum Gasteiger partial charge on any atom is 0.323 e. The molecule has 1 heterocycles. The van der Waals surface area contributed by atoms with Crippen LogP contribution in [0.1, 0.15) is 30.6 Å². The first-order valence-electron chi connectivity index (χ1n) is 6.28. The zero-order valence-electron chi connectivity index (χ0n) is 11.3. The Hall–Kier alpha value is -2.37. The highest BCUT2D eigenvalue weighted by Gasteiger charge is 2.34. The summed E-state index contributed by atoms with van der Waals surface area (Å²) in [7, 11) is 0. The number of carbonyl (C=O) groups excluding carboxylic acids is 2. The van der Waals surface area contributed by atoms with Crippen molar-refractivity contribution in [1.82, 2.24) is 0 Å². The third-order valence-corrected chi connectivity index (χ3v) is 3.13. The molecule has 0 spiro atoms. The van der Waals surface area contributed by atoms with Gasteiger partial charge in [0.05, 0.1) is 5.69 Å². The average Bonchev–Trinajstić information content (AvgIpc) is 2.40. The molecule has 1 unspecified atom stereocenters. The van der Waals surface area contributed by atoms with Crippen LogP contribution in [0.25, 0.3) is 0 Å². The van der Waals surface area contributed by atoms with Crippen LogP contribution in [-0.4, -0.2) is 35.4 Å². The van der Waals surface area contributed by atoms with Crippen LogP contribution < -0.4 is 9.64 Å². The lowest BCUT2D eigenvalue weighted by atomic mass is 10.1. The van der Waals surface area contributed by atoms with Crippen LogP contribution in [0.15, 0.2) is 18.2 Å². The van der Waals surface area contributed by atoms with Gasteiger partial charge in [0, 0.05) is 5.56 Å². The van der Waals surface area contributed by atoms with Crippen molar-refractivity contribution in [2.24, 2.45) is 0 Å². The Morgan fingerprint density at radius 1 is 1.40 bits per heavy atom. The minimum absolute atomic E-state index is 0.119. The van der Waals surface area contributed by atoms with Gasteiger partial charge in [0.15, 0.2) is 11.9 Å². The monoisotopic (exact) mass is 277 g/mol. The molecule has 1 aromatic carbocycles. The van der Waals surface area contributed by atoms with Gasteiger partial charge in [-0.3, -0.25) is 19.3 Å². The molecule has 6 heteroatoms. The molecule has 20 heavy (non-hydrogen) atoms. The Labute approximate surface area is 115 Å². The van der Waals surface area contributed by atoms with Gasteiger partial charge < -0.3 is 9.84 Å². The number of aliphatic carboxylic acids is 1. The van der Waals surface area contributed by atoms with E-state index in [9.17, 15) is 14.4 Å². The molecular formula is C14H15NO5. The highest BCUT2D eigenvalue weighted by molar-refractivity contribution is 6.04. The Morgan fingerprint density at radius 3 is 2.65 bits per heavy atom. The standard InChI is InChI=1S/C14H15NO5/c1-3-11-14(19)15(7-13(17)18)10-5-4-9(8(2)16)6-12(10)20-11/h4-6,11H,3,7H2,1-2H3,(H,17,18). The number of carbonyl (C=O) groups is 3. The number of carboxylic acids is 1. The Morgan fingerprint density at radius 2 is 2.10 bits per heavy atom. The summed E-state index contributed by atoms with van der Waals surface area (Å²) in [5, 5.41) is 8.92. The van der Waals surface area contributed by atoms with E-state index in [2.05, 4.69) is 0 Å². The van der Waals surface area contributed by atoms with Gasteiger partial charge in [-0.25, -0.2) is 0 Å². The van der Waals surface area contributed by atoms with Crippen LogP contribution in [0, 0.1) is 0 Å². The van der Waals surface area contributed by atoms with Crippen molar-refractivity contribution in [2.45, 2.75) is 26.4 Å². The van der Waals surface area contributed by atoms with Crippen LogP contribution >= 0.6 is 0 Å². The van der Waals surface area contributed by atoms with Gasteiger partial charge in [-0.15, -0.1) is 0 Å². The molecule has 1 aliphatic rings. The number of carboxylic acid groups (broad SMARTS) is 1. The fraction of sp³-hybridized carbons (Fsp3) is 0.357. The fourth-order valence-electron chi connectivity index (χ4n) is 2.10. The van der Waals surface area contributed by atoms with Crippen LogP contribution in [-0.2, 0) is 9.59 Å². The summed E-state index contributed by atoms with van der Waals surface area (Å²) >= 11 is 0. The van der Waals surface area contributed by atoms with Gasteiger partial charge in [0.1, 0.15) is 12.3 Å². The molecule has 1 atom stereocenters. The summed E-state index contributed by atoms with van der Waals surface area (Å²) in [5.74, 6) is -1.23. The normalized spacial score (nSPS) is 17.4. The zero-order chi connectivity index (χ0) is 14.9. The highest BCUT2D eigenvalue weighted by atomic mass is 16.5.